The van der Waals surface area contributed by atoms with Gasteiger partial charge in [0.15, 0.2) is 0 Å². The second-order valence-corrected chi connectivity index (χ2v) is 5.28. The molecule has 1 aliphatic carbocycles. The lowest BCUT2D eigenvalue weighted by molar-refractivity contribution is 0.746. The minimum absolute atomic E-state index is 0.352. The Morgan fingerprint density at radius 1 is 1.23 bits per heavy atom. The molecule has 2 rings (SSSR count). The molecular formula is C20H24N2. The molecule has 2 heteroatoms. The molecule has 1 aliphatic rings. The van der Waals surface area contributed by atoms with Gasteiger partial charge in [0.25, 0.3) is 0 Å². The number of hydrogen-bond donors (Lipinski definition) is 2. The van der Waals surface area contributed by atoms with Crippen LogP contribution in [0, 0.1) is 0 Å². The number of anilines is 1. The van der Waals surface area contributed by atoms with Crippen LogP contribution in [0.25, 0.3) is 0 Å². The Morgan fingerprint density at radius 3 is 2.82 bits per heavy atom. The molecule has 1 unspecified atom stereocenters. The molecule has 0 radical (unpaired) electrons. The molecule has 114 valence electrons. The number of allylic oxidation sites excluding steroid dienone is 9. The van der Waals surface area contributed by atoms with Gasteiger partial charge in [0.2, 0.25) is 0 Å². The molecule has 22 heavy (non-hydrogen) atoms. The van der Waals surface area contributed by atoms with E-state index >= 15 is 0 Å². The number of para-hydroxylation sites is 1. The van der Waals surface area contributed by atoms with Gasteiger partial charge in [0.05, 0.1) is 5.69 Å². The molecule has 0 fully saturated rings. The van der Waals surface area contributed by atoms with E-state index in [0.29, 0.717) is 5.92 Å². The van der Waals surface area contributed by atoms with E-state index in [-0.39, 0.29) is 0 Å². The molecular weight excluding hydrogens is 268 g/mol. The molecule has 3 N–H and O–H groups in total. The summed E-state index contributed by atoms with van der Waals surface area (Å²) in [6.45, 7) is 3.68. The van der Waals surface area contributed by atoms with Crippen LogP contribution in [0.1, 0.15) is 30.7 Å². The number of nitrogens with two attached hydrogens (primary N) is 1. The first-order valence-electron chi connectivity index (χ1n) is 7.72. The Bertz CT molecular complexity index is 606. The van der Waals surface area contributed by atoms with E-state index in [4.69, 9.17) is 5.84 Å². The zero-order valence-electron chi connectivity index (χ0n) is 12.9. The highest BCUT2D eigenvalue weighted by atomic mass is 15.2. The molecule has 0 bridgehead atoms. The van der Waals surface area contributed by atoms with Crippen LogP contribution in [0.15, 0.2) is 85.0 Å². The first-order chi connectivity index (χ1) is 10.9. The molecule has 0 aliphatic heterocycles. The van der Waals surface area contributed by atoms with Crippen molar-refractivity contribution in [1.29, 1.82) is 0 Å². The Kier molecular flexibility index (Phi) is 6.46. The van der Waals surface area contributed by atoms with E-state index < -0.39 is 0 Å². The predicted molar refractivity (Wildman–Crippen MR) is 96.5 cm³/mol. The second kappa shape index (κ2) is 8.85. The lowest BCUT2D eigenvalue weighted by Crippen LogP contribution is -2.12. The fraction of sp³-hybridized carbons (Fsp3) is 0.200. The van der Waals surface area contributed by atoms with Crippen LogP contribution in [-0.2, 0) is 0 Å². The third-order valence-corrected chi connectivity index (χ3v) is 3.85. The molecule has 0 heterocycles. The Balaban J connectivity index is 2.26. The van der Waals surface area contributed by atoms with Crippen molar-refractivity contribution in [1.82, 2.24) is 0 Å². The Hall–Kier alpha value is -2.32. The first kappa shape index (κ1) is 16.1. The first-order valence-corrected chi connectivity index (χ1v) is 7.72. The van der Waals surface area contributed by atoms with E-state index in [1.165, 1.54) is 11.1 Å². The zero-order valence-corrected chi connectivity index (χ0v) is 12.9. The van der Waals surface area contributed by atoms with E-state index in [1.54, 1.807) is 6.08 Å². The Morgan fingerprint density at radius 2 is 2.09 bits per heavy atom. The highest BCUT2D eigenvalue weighted by molar-refractivity contribution is 5.54. The van der Waals surface area contributed by atoms with Gasteiger partial charge in [-0.3, -0.25) is 5.84 Å². The van der Waals surface area contributed by atoms with Crippen LogP contribution in [0.2, 0.25) is 0 Å². The SMILES string of the molecule is C=C/C=C\C=C/CC(C1=CC=CCC1)c1ccccc1NN. The van der Waals surface area contributed by atoms with Gasteiger partial charge in [-0.05, 0) is 30.9 Å². The number of nitrogen functional groups attached to an aromatic ring is 1. The van der Waals surface area contributed by atoms with Gasteiger partial charge < -0.3 is 5.43 Å². The van der Waals surface area contributed by atoms with Gasteiger partial charge in [-0.2, -0.15) is 0 Å². The standard InChI is InChI=1S/C20H24N2/c1-2-3-4-5-9-14-18(17-12-7-6-8-13-17)19-15-10-11-16-20(19)22-21/h2-7,9-12,15-16,18,22H,1,8,13-14,21H2/b4-3-,9-5-. The Labute approximate surface area is 133 Å². The van der Waals surface area contributed by atoms with Crippen LogP contribution in [-0.4, -0.2) is 0 Å². The summed E-state index contributed by atoms with van der Waals surface area (Å²) in [6, 6.07) is 8.27. The van der Waals surface area contributed by atoms with Crippen molar-refractivity contribution in [3.05, 3.63) is 90.6 Å². The molecule has 0 amide bonds. The zero-order chi connectivity index (χ0) is 15.6. The highest BCUT2D eigenvalue weighted by Crippen LogP contribution is 2.36. The molecule has 0 aromatic heterocycles. The van der Waals surface area contributed by atoms with Crippen molar-refractivity contribution in [2.45, 2.75) is 25.2 Å². The molecule has 2 nitrogen and oxygen atoms in total. The van der Waals surface area contributed by atoms with Gasteiger partial charge in [-0.25, -0.2) is 0 Å². The molecule has 0 spiro atoms. The van der Waals surface area contributed by atoms with Crippen molar-refractivity contribution >= 4 is 5.69 Å². The van der Waals surface area contributed by atoms with Gasteiger partial charge in [-0.1, -0.05) is 79.0 Å². The fourth-order valence-corrected chi connectivity index (χ4v) is 2.76. The summed E-state index contributed by atoms with van der Waals surface area (Å²) in [6.07, 6.45) is 19.8. The second-order valence-electron chi connectivity index (χ2n) is 5.28. The normalized spacial score (nSPS) is 16.0. The maximum atomic E-state index is 5.69. The molecule has 1 atom stereocenters. The predicted octanol–water partition coefficient (Wildman–Crippen LogP) is 5.02. The third kappa shape index (κ3) is 4.34. The largest absolute Gasteiger partial charge is 0.324 e. The van der Waals surface area contributed by atoms with Crippen LogP contribution in [0.5, 0.6) is 0 Å². The number of hydrazine groups is 1. The van der Waals surface area contributed by atoms with Crippen LogP contribution in [0.4, 0.5) is 5.69 Å². The van der Waals surface area contributed by atoms with Crippen LogP contribution in [0.3, 0.4) is 0 Å². The van der Waals surface area contributed by atoms with Crippen LogP contribution >= 0.6 is 0 Å². The summed E-state index contributed by atoms with van der Waals surface area (Å²) in [5.41, 5.74) is 6.54. The van der Waals surface area contributed by atoms with Gasteiger partial charge in [0, 0.05) is 5.92 Å². The maximum absolute atomic E-state index is 5.69. The minimum atomic E-state index is 0.352. The number of nitrogens with one attached hydrogen (secondary N) is 1. The smallest absolute Gasteiger partial charge is 0.0523 e. The number of hydrogen-bond acceptors (Lipinski definition) is 2. The fourth-order valence-electron chi connectivity index (χ4n) is 2.76. The lowest BCUT2D eigenvalue weighted by atomic mass is 9.83. The summed E-state index contributed by atoms with van der Waals surface area (Å²) in [7, 11) is 0. The average Bonchev–Trinajstić information content (AvgIpc) is 2.59. The summed E-state index contributed by atoms with van der Waals surface area (Å²) in [5, 5.41) is 0. The number of benzene rings is 1. The van der Waals surface area contributed by atoms with Gasteiger partial charge in [0.1, 0.15) is 0 Å². The number of rotatable bonds is 7. The summed E-state index contributed by atoms with van der Waals surface area (Å²) in [4.78, 5) is 0. The van der Waals surface area contributed by atoms with Gasteiger partial charge in [-0.15, -0.1) is 0 Å². The van der Waals surface area contributed by atoms with Crippen molar-refractivity contribution < 1.29 is 0 Å². The summed E-state index contributed by atoms with van der Waals surface area (Å²) in [5.74, 6) is 6.04. The van der Waals surface area contributed by atoms with E-state index in [1.807, 2.05) is 24.3 Å². The average molecular weight is 292 g/mol. The van der Waals surface area contributed by atoms with Crippen molar-refractivity contribution in [3.8, 4) is 0 Å². The van der Waals surface area contributed by atoms with Crippen molar-refractivity contribution in [2.75, 3.05) is 5.43 Å². The quantitative estimate of drug-likeness (QED) is 0.420. The lowest BCUT2D eigenvalue weighted by Gasteiger charge is -2.23. The van der Waals surface area contributed by atoms with Crippen molar-refractivity contribution in [2.24, 2.45) is 5.84 Å². The van der Waals surface area contributed by atoms with Crippen LogP contribution < -0.4 is 11.3 Å². The molecule has 0 saturated heterocycles. The molecule has 1 aromatic carbocycles. The van der Waals surface area contributed by atoms with E-state index in [9.17, 15) is 0 Å². The maximum Gasteiger partial charge on any atom is 0.0523 e. The van der Waals surface area contributed by atoms with E-state index in [2.05, 4.69) is 54.5 Å². The highest BCUT2D eigenvalue weighted by Gasteiger charge is 2.18. The third-order valence-electron chi connectivity index (χ3n) is 3.85. The monoisotopic (exact) mass is 292 g/mol. The van der Waals surface area contributed by atoms with E-state index in [0.717, 1.165) is 24.9 Å². The molecule has 1 aromatic rings. The summed E-state index contributed by atoms with van der Waals surface area (Å²) < 4.78 is 0. The topological polar surface area (TPSA) is 38.0 Å². The van der Waals surface area contributed by atoms with Gasteiger partial charge >= 0.3 is 0 Å². The van der Waals surface area contributed by atoms with Crippen molar-refractivity contribution in [3.63, 3.8) is 0 Å². The minimum Gasteiger partial charge on any atom is -0.324 e. The molecule has 0 saturated carbocycles. The summed E-state index contributed by atoms with van der Waals surface area (Å²) >= 11 is 0.